The first-order valence-electron chi connectivity index (χ1n) is 9.36. The van der Waals surface area contributed by atoms with Gasteiger partial charge in [-0.15, -0.1) is 0 Å². The lowest BCUT2D eigenvalue weighted by Gasteiger charge is -2.10. The summed E-state index contributed by atoms with van der Waals surface area (Å²) in [6.45, 7) is 0.721. The van der Waals surface area contributed by atoms with Crippen molar-refractivity contribution in [3.63, 3.8) is 0 Å². The Bertz CT molecular complexity index is 1080. The number of hydrogen-bond donors (Lipinski definition) is 2. The largest absolute Gasteiger partial charge is 0.480 e. The molecular formula is C19H20F3N5O4. The van der Waals surface area contributed by atoms with Crippen molar-refractivity contribution in [2.75, 3.05) is 18.9 Å². The van der Waals surface area contributed by atoms with Crippen molar-refractivity contribution in [1.29, 1.82) is 0 Å². The number of alkyl halides is 3. The standard InChI is InChI=1S/C19H20F3N5O4/c1-2-3-7-30-17-25-14(23)13-15(26-17)27(18(29)24-13)9-11-5-4-6-12(8-11)16(28)31-10-19(20,21)22/h4-6,8H,2-3,7,9-10H2,1H3,(H,24,29)(H2,23,25,26). The Kier molecular flexibility index (Phi) is 6.47. The van der Waals surface area contributed by atoms with Gasteiger partial charge in [-0.2, -0.15) is 28.1 Å². The minimum absolute atomic E-state index is 0.00752. The van der Waals surface area contributed by atoms with E-state index in [0.717, 1.165) is 12.8 Å². The van der Waals surface area contributed by atoms with Crippen LogP contribution in [0.1, 0.15) is 35.7 Å². The van der Waals surface area contributed by atoms with Gasteiger partial charge in [0.1, 0.15) is 0 Å². The number of aromatic hydroxyl groups is 1. The van der Waals surface area contributed by atoms with Gasteiger partial charge < -0.3 is 20.3 Å². The summed E-state index contributed by atoms with van der Waals surface area (Å²) in [5, 5.41) is 10.2. The van der Waals surface area contributed by atoms with Gasteiger partial charge in [0.2, 0.25) is 0 Å². The lowest BCUT2D eigenvalue weighted by molar-refractivity contribution is -0.161. The van der Waals surface area contributed by atoms with Crippen molar-refractivity contribution in [3.05, 3.63) is 35.4 Å². The molecule has 2 aromatic heterocycles. The molecule has 0 aliphatic heterocycles. The van der Waals surface area contributed by atoms with Crippen molar-refractivity contribution in [1.82, 2.24) is 19.5 Å². The van der Waals surface area contributed by atoms with E-state index in [0.29, 0.717) is 12.2 Å². The van der Waals surface area contributed by atoms with Crippen LogP contribution in [0.4, 0.5) is 19.0 Å². The molecule has 12 heteroatoms. The number of benzene rings is 1. The number of anilines is 1. The maximum absolute atomic E-state index is 12.3. The van der Waals surface area contributed by atoms with Crippen molar-refractivity contribution in [3.8, 4) is 12.0 Å². The summed E-state index contributed by atoms with van der Waals surface area (Å²) in [5.41, 5.74) is 6.70. The molecule has 9 nitrogen and oxygen atoms in total. The summed E-state index contributed by atoms with van der Waals surface area (Å²) in [6.07, 6.45) is -2.91. The van der Waals surface area contributed by atoms with E-state index in [2.05, 4.69) is 19.7 Å². The van der Waals surface area contributed by atoms with Gasteiger partial charge in [0.05, 0.1) is 18.7 Å². The SMILES string of the molecule is CCCCOc1nc(N)c2nc(O)n(Cc3cccc(C(=O)OCC(F)(F)F)c3)c2n1. The fraction of sp³-hybridized carbons (Fsp3) is 0.368. The number of rotatable bonds is 8. The molecule has 3 aromatic rings. The highest BCUT2D eigenvalue weighted by atomic mass is 19.4. The smallest absolute Gasteiger partial charge is 0.422 e. The number of fused-ring (bicyclic) bond motifs is 1. The second-order valence-electron chi connectivity index (χ2n) is 6.66. The third kappa shape index (κ3) is 5.53. The molecule has 0 radical (unpaired) electrons. The molecule has 2 heterocycles. The number of halogens is 3. The summed E-state index contributed by atoms with van der Waals surface area (Å²) in [6, 6.07) is 5.42. The molecule has 0 atom stereocenters. The third-order valence-corrected chi connectivity index (χ3v) is 4.18. The molecule has 0 aliphatic carbocycles. The van der Waals surface area contributed by atoms with Gasteiger partial charge in [-0.1, -0.05) is 25.5 Å². The molecule has 1 aromatic carbocycles. The van der Waals surface area contributed by atoms with Gasteiger partial charge in [-0.25, -0.2) is 4.79 Å². The van der Waals surface area contributed by atoms with Crippen LogP contribution in [0.15, 0.2) is 24.3 Å². The van der Waals surface area contributed by atoms with Gasteiger partial charge in [-0.05, 0) is 24.1 Å². The van der Waals surface area contributed by atoms with E-state index in [4.69, 9.17) is 10.5 Å². The van der Waals surface area contributed by atoms with E-state index >= 15 is 0 Å². The molecule has 166 valence electrons. The second-order valence-corrected chi connectivity index (χ2v) is 6.66. The van der Waals surface area contributed by atoms with Crippen LogP contribution in [-0.2, 0) is 11.3 Å². The third-order valence-electron chi connectivity index (χ3n) is 4.18. The van der Waals surface area contributed by atoms with Crippen LogP contribution >= 0.6 is 0 Å². The normalized spacial score (nSPS) is 11.6. The highest BCUT2D eigenvalue weighted by molar-refractivity contribution is 5.89. The van der Waals surface area contributed by atoms with E-state index in [-0.39, 0.29) is 35.1 Å². The molecule has 0 aliphatic rings. The molecule has 0 bridgehead atoms. The van der Waals surface area contributed by atoms with E-state index in [9.17, 15) is 23.1 Å². The zero-order chi connectivity index (χ0) is 22.6. The number of hydrogen-bond acceptors (Lipinski definition) is 8. The zero-order valence-corrected chi connectivity index (χ0v) is 16.5. The monoisotopic (exact) mass is 439 g/mol. The number of nitrogens with two attached hydrogens (primary N) is 1. The molecular weight excluding hydrogens is 419 g/mol. The minimum Gasteiger partial charge on any atom is -0.480 e. The predicted molar refractivity (Wildman–Crippen MR) is 104 cm³/mol. The maximum atomic E-state index is 12.3. The molecule has 0 unspecified atom stereocenters. The van der Waals surface area contributed by atoms with Crippen molar-refractivity contribution < 1.29 is 32.5 Å². The van der Waals surface area contributed by atoms with Crippen LogP contribution in [0.5, 0.6) is 12.0 Å². The zero-order valence-electron chi connectivity index (χ0n) is 16.5. The van der Waals surface area contributed by atoms with E-state index in [1.807, 2.05) is 6.92 Å². The second kappa shape index (κ2) is 9.06. The summed E-state index contributed by atoms with van der Waals surface area (Å²) in [5.74, 6) is -1.09. The van der Waals surface area contributed by atoms with Gasteiger partial charge in [-0.3, -0.25) is 4.57 Å². The first kappa shape index (κ1) is 22.1. The first-order valence-corrected chi connectivity index (χ1v) is 9.36. The molecule has 0 fully saturated rings. The Morgan fingerprint density at radius 2 is 2.03 bits per heavy atom. The predicted octanol–water partition coefficient (Wildman–Crippen LogP) is 3.06. The molecule has 0 amide bonds. The number of nitrogens with zero attached hydrogens (tertiary/aromatic N) is 4. The minimum atomic E-state index is -4.62. The van der Waals surface area contributed by atoms with Gasteiger partial charge in [0.15, 0.2) is 23.6 Å². The van der Waals surface area contributed by atoms with E-state index in [1.54, 1.807) is 6.07 Å². The topological polar surface area (TPSA) is 125 Å². The van der Waals surface area contributed by atoms with Gasteiger partial charge in [0, 0.05) is 0 Å². The molecule has 3 rings (SSSR count). The fourth-order valence-electron chi connectivity index (χ4n) is 2.72. The highest BCUT2D eigenvalue weighted by Gasteiger charge is 2.30. The molecule has 31 heavy (non-hydrogen) atoms. The van der Waals surface area contributed by atoms with Crippen LogP contribution in [-0.4, -0.2) is 50.0 Å². The van der Waals surface area contributed by atoms with Crippen molar-refractivity contribution >= 4 is 23.0 Å². The average Bonchev–Trinajstić information content (AvgIpc) is 3.02. The Morgan fingerprint density at radius 1 is 1.26 bits per heavy atom. The van der Waals surface area contributed by atoms with Gasteiger partial charge in [0.25, 0.3) is 6.01 Å². The number of imidazole rings is 1. The Balaban J connectivity index is 1.86. The number of carbonyl (C=O) groups is 1. The molecule has 0 saturated carbocycles. The Labute approximate surface area is 174 Å². The average molecular weight is 439 g/mol. The fourth-order valence-corrected chi connectivity index (χ4v) is 2.72. The molecule has 0 spiro atoms. The maximum Gasteiger partial charge on any atom is 0.422 e. The van der Waals surface area contributed by atoms with Crippen LogP contribution in [0.3, 0.4) is 0 Å². The number of unbranched alkanes of at least 4 members (excludes halogenated alkanes) is 1. The van der Waals surface area contributed by atoms with Crippen molar-refractivity contribution in [2.45, 2.75) is 32.5 Å². The lowest BCUT2D eigenvalue weighted by Crippen LogP contribution is -2.20. The van der Waals surface area contributed by atoms with E-state index < -0.39 is 24.8 Å². The number of nitrogen functional groups attached to an aromatic ring is 1. The summed E-state index contributed by atoms with van der Waals surface area (Å²) < 4.78 is 47.9. The molecule has 3 N–H and O–H groups in total. The Hall–Kier alpha value is -3.57. The van der Waals surface area contributed by atoms with Crippen LogP contribution in [0, 0.1) is 0 Å². The molecule has 0 saturated heterocycles. The number of ether oxygens (including phenoxy) is 2. The van der Waals surface area contributed by atoms with E-state index in [1.165, 1.54) is 22.8 Å². The number of esters is 1. The summed E-state index contributed by atoms with van der Waals surface area (Å²) in [7, 11) is 0. The van der Waals surface area contributed by atoms with Crippen molar-refractivity contribution in [2.24, 2.45) is 0 Å². The summed E-state index contributed by atoms with van der Waals surface area (Å²) in [4.78, 5) is 24.1. The lowest BCUT2D eigenvalue weighted by atomic mass is 10.1. The van der Waals surface area contributed by atoms with Gasteiger partial charge >= 0.3 is 18.2 Å². The highest BCUT2D eigenvalue weighted by Crippen LogP contribution is 2.26. The van der Waals surface area contributed by atoms with Crippen LogP contribution < -0.4 is 10.5 Å². The number of carbonyl (C=O) groups excluding carboxylic acids is 1. The Morgan fingerprint density at radius 3 is 2.74 bits per heavy atom. The quantitative estimate of drug-likeness (QED) is 0.405. The summed E-state index contributed by atoms with van der Waals surface area (Å²) >= 11 is 0. The number of aromatic nitrogens is 4. The van der Waals surface area contributed by atoms with Crippen LogP contribution in [0.25, 0.3) is 11.2 Å². The first-order chi connectivity index (χ1) is 14.7. The van der Waals surface area contributed by atoms with Crippen LogP contribution in [0.2, 0.25) is 0 Å².